The second-order valence-corrected chi connectivity index (χ2v) is 3.31. The molecule has 0 spiro atoms. The zero-order valence-corrected chi connectivity index (χ0v) is 7.86. The van der Waals surface area contributed by atoms with Gasteiger partial charge in [0, 0.05) is 11.6 Å². The molecular weight excluding hydrogens is 208 g/mol. The summed E-state index contributed by atoms with van der Waals surface area (Å²) in [6.45, 7) is 3.91. The van der Waals surface area contributed by atoms with Gasteiger partial charge in [0.15, 0.2) is 15.8 Å². The molecule has 0 amide bonds. The number of aryl methyl sites for hydroxylation is 2. The molecule has 0 fully saturated rings. The summed E-state index contributed by atoms with van der Waals surface area (Å²) in [5.41, 5.74) is 2.73. The first-order valence-corrected chi connectivity index (χ1v) is 4.13. The second-order valence-electron chi connectivity index (χ2n) is 2.53. The Morgan fingerprint density at radius 3 is 2.64 bits per heavy atom. The van der Waals surface area contributed by atoms with E-state index < -0.39 is 0 Å². The third-order valence-electron chi connectivity index (χ3n) is 1.80. The van der Waals surface area contributed by atoms with Crippen molar-refractivity contribution in [3.8, 4) is 0 Å². The maximum atomic E-state index is 5.40. The number of hydrogen-bond acceptors (Lipinski definition) is 2. The lowest BCUT2D eigenvalue weighted by Crippen LogP contribution is -1.67. The van der Waals surface area contributed by atoms with Crippen LogP contribution in [0.2, 0.25) is 0 Å². The Kier molecular flexibility index (Phi) is 1.36. The van der Waals surface area contributed by atoms with E-state index in [4.69, 9.17) is 8.83 Å². The monoisotopic (exact) mass is 214 g/mol. The van der Waals surface area contributed by atoms with Crippen molar-refractivity contribution in [2.45, 2.75) is 13.8 Å². The number of furan rings is 2. The van der Waals surface area contributed by atoms with E-state index in [-0.39, 0.29) is 0 Å². The predicted octanol–water partition coefficient (Wildman–Crippen LogP) is 3.41. The molecule has 2 rings (SSSR count). The van der Waals surface area contributed by atoms with E-state index in [1.165, 1.54) is 0 Å². The van der Waals surface area contributed by atoms with Gasteiger partial charge in [-0.3, -0.25) is 0 Å². The van der Waals surface area contributed by atoms with E-state index >= 15 is 0 Å². The Bertz CT molecular complexity index is 397. The zero-order chi connectivity index (χ0) is 8.01. The average molecular weight is 215 g/mol. The van der Waals surface area contributed by atoms with Gasteiger partial charge in [0.25, 0.3) is 0 Å². The molecule has 0 bridgehead atoms. The summed E-state index contributed by atoms with van der Waals surface area (Å²) >= 11 is 3.24. The van der Waals surface area contributed by atoms with E-state index in [1.54, 1.807) is 0 Å². The Balaban J connectivity index is 2.88. The topological polar surface area (TPSA) is 26.3 Å². The third kappa shape index (κ3) is 0.913. The summed E-state index contributed by atoms with van der Waals surface area (Å²) in [7, 11) is 0. The number of fused-ring (bicyclic) bond motifs is 1. The van der Waals surface area contributed by atoms with Crippen LogP contribution < -0.4 is 0 Å². The fraction of sp³-hybridized carbons (Fsp3) is 0.250. The Hall–Kier alpha value is -0.700. The van der Waals surface area contributed by atoms with Gasteiger partial charge < -0.3 is 8.83 Å². The molecule has 0 aromatic carbocycles. The first kappa shape index (κ1) is 6.98. The lowest BCUT2D eigenvalue weighted by molar-refractivity contribution is 0.575. The van der Waals surface area contributed by atoms with Crippen molar-refractivity contribution in [2.24, 2.45) is 0 Å². The summed E-state index contributed by atoms with van der Waals surface area (Å²) in [5.74, 6) is 0.922. The highest BCUT2D eigenvalue weighted by molar-refractivity contribution is 9.10. The summed E-state index contributed by atoms with van der Waals surface area (Å²) < 4.78 is 11.5. The van der Waals surface area contributed by atoms with Crippen LogP contribution in [0.3, 0.4) is 0 Å². The smallest absolute Gasteiger partial charge is 0.177 e. The first-order valence-electron chi connectivity index (χ1n) is 3.33. The highest BCUT2D eigenvalue weighted by Gasteiger charge is 2.11. The molecule has 0 aliphatic carbocycles. The molecule has 2 aromatic rings. The van der Waals surface area contributed by atoms with Crippen LogP contribution in [-0.4, -0.2) is 0 Å². The second kappa shape index (κ2) is 2.14. The lowest BCUT2D eigenvalue weighted by Gasteiger charge is -1.83. The van der Waals surface area contributed by atoms with E-state index in [0.29, 0.717) is 4.67 Å². The SMILES string of the molecule is Cc1oc2cc(Br)oc2c1C. The van der Waals surface area contributed by atoms with Gasteiger partial charge in [0.05, 0.1) is 0 Å². The number of rotatable bonds is 0. The molecule has 2 nitrogen and oxygen atoms in total. The van der Waals surface area contributed by atoms with Crippen molar-refractivity contribution >= 4 is 27.1 Å². The molecule has 0 unspecified atom stereocenters. The van der Waals surface area contributed by atoms with Crippen molar-refractivity contribution in [2.75, 3.05) is 0 Å². The van der Waals surface area contributed by atoms with Gasteiger partial charge in [-0.05, 0) is 29.8 Å². The fourth-order valence-corrected chi connectivity index (χ4v) is 1.45. The van der Waals surface area contributed by atoms with E-state index in [9.17, 15) is 0 Å². The standard InChI is InChI=1S/C8H7BrO2/c1-4-5(2)10-6-3-7(9)11-8(4)6/h3H,1-2H3. The minimum absolute atomic E-state index is 0.717. The van der Waals surface area contributed by atoms with Gasteiger partial charge in [0.1, 0.15) is 5.76 Å². The van der Waals surface area contributed by atoms with Crippen molar-refractivity contribution < 1.29 is 8.83 Å². The summed E-state index contributed by atoms with van der Waals surface area (Å²) in [4.78, 5) is 0. The molecule has 11 heavy (non-hydrogen) atoms. The van der Waals surface area contributed by atoms with Crippen molar-refractivity contribution in [1.29, 1.82) is 0 Å². The van der Waals surface area contributed by atoms with Gasteiger partial charge in [-0.2, -0.15) is 0 Å². The third-order valence-corrected chi connectivity index (χ3v) is 2.19. The van der Waals surface area contributed by atoms with Crippen LogP contribution in [0.5, 0.6) is 0 Å². The molecule has 0 saturated heterocycles. The van der Waals surface area contributed by atoms with Gasteiger partial charge in [-0.25, -0.2) is 0 Å². The van der Waals surface area contributed by atoms with Crippen molar-refractivity contribution in [1.82, 2.24) is 0 Å². The van der Waals surface area contributed by atoms with Crippen LogP contribution in [0.25, 0.3) is 11.2 Å². The van der Waals surface area contributed by atoms with Crippen LogP contribution >= 0.6 is 15.9 Å². The molecule has 2 aromatic heterocycles. The molecule has 0 radical (unpaired) electrons. The molecule has 0 atom stereocenters. The Labute approximate surface area is 72.3 Å². The van der Waals surface area contributed by atoms with Gasteiger partial charge >= 0.3 is 0 Å². The van der Waals surface area contributed by atoms with Gasteiger partial charge in [-0.1, -0.05) is 0 Å². The Morgan fingerprint density at radius 2 is 2.00 bits per heavy atom. The largest absolute Gasteiger partial charge is 0.457 e. The minimum Gasteiger partial charge on any atom is -0.457 e. The lowest BCUT2D eigenvalue weighted by atomic mass is 10.3. The maximum absolute atomic E-state index is 5.40. The summed E-state index contributed by atoms with van der Waals surface area (Å²) in [5, 5.41) is 0. The molecule has 0 aliphatic rings. The fourth-order valence-electron chi connectivity index (χ4n) is 1.08. The molecule has 0 saturated carbocycles. The first-order chi connectivity index (χ1) is 5.18. The zero-order valence-electron chi connectivity index (χ0n) is 6.27. The van der Waals surface area contributed by atoms with Crippen LogP contribution in [0.15, 0.2) is 19.6 Å². The average Bonchev–Trinajstić information content (AvgIpc) is 2.37. The number of halogens is 1. The van der Waals surface area contributed by atoms with Crippen molar-refractivity contribution in [3.05, 3.63) is 22.1 Å². The van der Waals surface area contributed by atoms with Gasteiger partial charge in [0.2, 0.25) is 0 Å². The highest BCUT2D eigenvalue weighted by atomic mass is 79.9. The van der Waals surface area contributed by atoms with Crippen LogP contribution in [0.4, 0.5) is 0 Å². The van der Waals surface area contributed by atoms with E-state index in [0.717, 1.165) is 22.5 Å². The predicted molar refractivity (Wildman–Crippen MR) is 45.7 cm³/mol. The van der Waals surface area contributed by atoms with E-state index in [2.05, 4.69) is 15.9 Å². The molecule has 58 valence electrons. The summed E-state index contributed by atoms with van der Waals surface area (Å²) in [6.07, 6.45) is 0. The maximum Gasteiger partial charge on any atom is 0.177 e. The van der Waals surface area contributed by atoms with Crippen LogP contribution in [0, 0.1) is 13.8 Å². The quantitative estimate of drug-likeness (QED) is 0.673. The van der Waals surface area contributed by atoms with Gasteiger partial charge in [-0.15, -0.1) is 0 Å². The normalized spacial score (nSPS) is 11.2. The van der Waals surface area contributed by atoms with Crippen molar-refractivity contribution in [3.63, 3.8) is 0 Å². The molecular formula is C8H7BrO2. The minimum atomic E-state index is 0.717. The molecule has 0 N–H and O–H groups in total. The molecule has 2 heterocycles. The van der Waals surface area contributed by atoms with E-state index in [1.807, 2.05) is 19.9 Å². The summed E-state index contributed by atoms with van der Waals surface area (Å²) in [6, 6.07) is 1.83. The highest BCUT2D eigenvalue weighted by Crippen LogP contribution is 2.29. The van der Waals surface area contributed by atoms with Crippen LogP contribution in [0.1, 0.15) is 11.3 Å². The number of hydrogen-bond donors (Lipinski definition) is 0. The van der Waals surface area contributed by atoms with Crippen LogP contribution in [-0.2, 0) is 0 Å². The molecule has 3 heteroatoms. The Morgan fingerprint density at radius 1 is 1.27 bits per heavy atom. The molecule has 0 aliphatic heterocycles.